The first kappa shape index (κ1) is 11.5. The van der Waals surface area contributed by atoms with E-state index in [0.717, 1.165) is 11.3 Å². The Balaban J connectivity index is 2.44. The number of rotatable bonds is 2. The zero-order chi connectivity index (χ0) is 11.9. The quantitative estimate of drug-likeness (QED) is 0.892. The highest BCUT2D eigenvalue weighted by molar-refractivity contribution is 9.10. The number of nitrogens with zero attached hydrogens (tertiary/aromatic N) is 1. The second kappa shape index (κ2) is 3.82. The van der Waals surface area contributed by atoms with Crippen molar-refractivity contribution >= 4 is 27.0 Å². The van der Waals surface area contributed by atoms with Gasteiger partial charge in [-0.05, 0) is 35.8 Å². The molecule has 0 spiro atoms. The molecule has 0 saturated carbocycles. The van der Waals surface area contributed by atoms with E-state index < -0.39 is 0 Å². The standard InChI is InChI=1S/C11H13BrFN3/c1-11(2,14)5-10-15-8-3-6(12)7(13)4-9(8)16-10/h3-4H,5,14H2,1-2H3,(H,15,16). The number of benzene rings is 1. The number of nitrogens with one attached hydrogen (secondary N) is 1. The number of halogens is 2. The number of hydrogen-bond acceptors (Lipinski definition) is 2. The maximum atomic E-state index is 13.3. The Morgan fingerprint density at radius 1 is 1.50 bits per heavy atom. The fourth-order valence-electron chi connectivity index (χ4n) is 1.57. The van der Waals surface area contributed by atoms with Gasteiger partial charge in [0.2, 0.25) is 0 Å². The number of nitrogens with two attached hydrogens (primary N) is 1. The molecule has 0 saturated heterocycles. The molecule has 0 amide bonds. The predicted octanol–water partition coefficient (Wildman–Crippen LogP) is 2.74. The molecule has 2 rings (SSSR count). The van der Waals surface area contributed by atoms with E-state index in [1.807, 2.05) is 13.8 Å². The molecule has 0 unspecified atom stereocenters. The average molecular weight is 286 g/mol. The smallest absolute Gasteiger partial charge is 0.139 e. The largest absolute Gasteiger partial charge is 0.342 e. The molecule has 0 fully saturated rings. The van der Waals surface area contributed by atoms with Crippen LogP contribution >= 0.6 is 15.9 Å². The van der Waals surface area contributed by atoms with Crippen LogP contribution in [0.3, 0.4) is 0 Å². The third kappa shape index (κ3) is 2.41. The highest BCUT2D eigenvalue weighted by Crippen LogP contribution is 2.22. The number of aromatic nitrogens is 2. The van der Waals surface area contributed by atoms with E-state index in [1.165, 1.54) is 6.07 Å². The lowest BCUT2D eigenvalue weighted by Crippen LogP contribution is -2.34. The minimum Gasteiger partial charge on any atom is -0.342 e. The van der Waals surface area contributed by atoms with Crippen molar-refractivity contribution in [3.63, 3.8) is 0 Å². The summed E-state index contributed by atoms with van der Waals surface area (Å²) < 4.78 is 13.7. The topological polar surface area (TPSA) is 54.7 Å². The Labute approximate surface area is 101 Å². The van der Waals surface area contributed by atoms with Crippen LogP contribution in [0.25, 0.3) is 11.0 Å². The van der Waals surface area contributed by atoms with Gasteiger partial charge in [-0.25, -0.2) is 9.37 Å². The van der Waals surface area contributed by atoms with Gasteiger partial charge in [0.15, 0.2) is 0 Å². The van der Waals surface area contributed by atoms with Crippen LogP contribution in [0.4, 0.5) is 4.39 Å². The summed E-state index contributed by atoms with van der Waals surface area (Å²) in [4.78, 5) is 7.44. The minimum atomic E-state index is -0.330. The van der Waals surface area contributed by atoms with Gasteiger partial charge in [-0.2, -0.15) is 0 Å². The van der Waals surface area contributed by atoms with Crippen LogP contribution in [-0.2, 0) is 6.42 Å². The maximum Gasteiger partial charge on any atom is 0.139 e. The first-order chi connectivity index (χ1) is 7.35. The number of fused-ring (bicyclic) bond motifs is 1. The first-order valence-corrected chi connectivity index (χ1v) is 5.77. The lowest BCUT2D eigenvalue weighted by atomic mass is 10.0. The zero-order valence-corrected chi connectivity index (χ0v) is 10.7. The van der Waals surface area contributed by atoms with E-state index in [0.29, 0.717) is 16.4 Å². The molecule has 0 aliphatic rings. The fraction of sp³-hybridized carbons (Fsp3) is 0.364. The molecule has 1 heterocycles. The Kier molecular flexibility index (Phi) is 2.75. The van der Waals surface area contributed by atoms with Crippen molar-refractivity contribution in [2.24, 2.45) is 5.73 Å². The molecule has 86 valence electrons. The molecule has 2 aromatic rings. The number of aromatic amines is 1. The molecule has 3 N–H and O–H groups in total. The predicted molar refractivity (Wildman–Crippen MR) is 65.7 cm³/mol. The van der Waals surface area contributed by atoms with E-state index in [2.05, 4.69) is 25.9 Å². The van der Waals surface area contributed by atoms with Gasteiger partial charge in [-0.1, -0.05) is 0 Å². The second-order valence-corrected chi connectivity index (χ2v) is 5.49. The van der Waals surface area contributed by atoms with Crippen molar-refractivity contribution < 1.29 is 4.39 Å². The van der Waals surface area contributed by atoms with Gasteiger partial charge in [-0.15, -0.1) is 0 Å². The fourth-order valence-corrected chi connectivity index (χ4v) is 1.90. The Hall–Kier alpha value is -0.940. The summed E-state index contributed by atoms with van der Waals surface area (Å²) in [5.41, 5.74) is 7.01. The normalized spacial score (nSPS) is 12.3. The summed E-state index contributed by atoms with van der Waals surface area (Å²) >= 11 is 3.13. The van der Waals surface area contributed by atoms with Gasteiger partial charge in [-0.3, -0.25) is 0 Å². The van der Waals surface area contributed by atoms with Crippen LogP contribution in [0.1, 0.15) is 19.7 Å². The summed E-state index contributed by atoms with van der Waals surface area (Å²) in [5, 5.41) is 0. The summed E-state index contributed by atoms with van der Waals surface area (Å²) in [6, 6.07) is 3.09. The molecule has 0 aliphatic carbocycles. The zero-order valence-electron chi connectivity index (χ0n) is 9.14. The van der Waals surface area contributed by atoms with E-state index in [9.17, 15) is 4.39 Å². The molecule has 0 atom stereocenters. The third-order valence-corrected chi connectivity index (χ3v) is 2.80. The molecular formula is C11H13BrFN3. The van der Waals surface area contributed by atoms with E-state index >= 15 is 0 Å². The van der Waals surface area contributed by atoms with Crippen molar-refractivity contribution in [1.82, 2.24) is 9.97 Å². The molecule has 0 aliphatic heterocycles. The minimum absolute atomic E-state index is 0.297. The molecule has 0 radical (unpaired) electrons. The van der Waals surface area contributed by atoms with Crippen molar-refractivity contribution in [2.45, 2.75) is 25.8 Å². The number of H-pyrrole nitrogens is 1. The highest BCUT2D eigenvalue weighted by Gasteiger charge is 2.15. The van der Waals surface area contributed by atoms with Crippen LogP contribution in [0.5, 0.6) is 0 Å². The van der Waals surface area contributed by atoms with Gasteiger partial charge >= 0.3 is 0 Å². The van der Waals surface area contributed by atoms with Crippen LogP contribution in [-0.4, -0.2) is 15.5 Å². The first-order valence-electron chi connectivity index (χ1n) is 4.98. The van der Waals surface area contributed by atoms with Gasteiger partial charge in [0.25, 0.3) is 0 Å². The second-order valence-electron chi connectivity index (χ2n) is 4.63. The Bertz CT molecular complexity index is 489. The molecule has 5 heteroatoms. The van der Waals surface area contributed by atoms with Crippen LogP contribution in [0.15, 0.2) is 16.6 Å². The van der Waals surface area contributed by atoms with Crippen LogP contribution < -0.4 is 5.73 Å². The maximum absolute atomic E-state index is 13.3. The SMILES string of the molecule is CC(C)(N)Cc1nc2cc(Br)c(F)cc2[nH]1. The van der Waals surface area contributed by atoms with E-state index in [1.54, 1.807) is 6.07 Å². The van der Waals surface area contributed by atoms with Crippen molar-refractivity contribution in [3.8, 4) is 0 Å². The molecule has 16 heavy (non-hydrogen) atoms. The average Bonchev–Trinajstić information content (AvgIpc) is 2.44. The van der Waals surface area contributed by atoms with Gasteiger partial charge in [0.1, 0.15) is 11.6 Å². The summed E-state index contributed by atoms with van der Waals surface area (Å²) in [5.74, 6) is 0.481. The van der Waals surface area contributed by atoms with Crippen LogP contribution in [0, 0.1) is 5.82 Å². The van der Waals surface area contributed by atoms with Crippen LogP contribution in [0.2, 0.25) is 0 Å². The van der Waals surface area contributed by atoms with Gasteiger partial charge in [0.05, 0.1) is 15.5 Å². The summed E-state index contributed by atoms with van der Waals surface area (Å²) in [6.45, 7) is 3.85. The van der Waals surface area contributed by atoms with Gasteiger partial charge in [0, 0.05) is 18.0 Å². The van der Waals surface area contributed by atoms with E-state index in [-0.39, 0.29) is 11.4 Å². The molecule has 1 aromatic carbocycles. The third-order valence-electron chi connectivity index (χ3n) is 2.20. The monoisotopic (exact) mass is 285 g/mol. The van der Waals surface area contributed by atoms with Crippen molar-refractivity contribution in [1.29, 1.82) is 0 Å². The molecule has 1 aromatic heterocycles. The molecular weight excluding hydrogens is 273 g/mol. The van der Waals surface area contributed by atoms with Crippen molar-refractivity contribution in [3.05, 3.63) is 28.2 Å². The lowest BCUT2D eigenvalue weighted by Gasteiger charge is -2.15. The summed E-state index contributed by atoms with van der Waals surface area (Å²) in [7, 11) is 0. The molecule has 0 bridgehead atoms. The lowest BCUT2D eigenvalue weighted by molar-refractivity contribution is 0.505. The van der Waals surface area contributed by atoms with Gasteiger partial charge < -0.3 is 10.7 Å². The molecule has 3 nitrogen and oxygen atoms in total. The van der Waals surface area contributed by atoms with Crippen molar-refractivity contribution in [2.75, 3.05) is 0 Å². The van der Waals surface area contributed by atoms with E-state index in [4.69, 9.17) is 5.73 Å². The number of imidazole rings is 1. The number of hydrogen-bond donors (Lipinski definition) is 2. The summed E-state index contributed by atoms with van der Waals surface area (Å²) in [6.07, 6.45) is 0.626. The Morgan fingerprint density at radius 3 is 2.81 bits per heavy atom. The Morgan fingerprint density at radius 2 is 2.19 bits per heavy atom. The highest BCUT2D eigenvalue weighted by atomic mass is 79.9.